The summed E-state index contributed by atoms with van der Waals surface area (Å²) in [6.07, 6.45) is 1.48. The Labute approximate surface area is 216 Å². The van der Waals surface area contributed by atoms with Crippen molar-refractivity contribution in [2.75, 3.05) is 27.9 Å². The summed E-state index contributed by atoms with van der Waals surface area (Å²) < 4.78 is 21.5. The van der Waals surface area contributed by atoms with E-state index >= 15 is 0 Å². The van der Waals surface area contributed by atoms with Gasteiger partial charge in [-0.2, -0.15) is 0 Å². The van der Waals surface area contributed by atoms with E-state index < -0.39 is 17.8 Å². The summed E-state index contributed by atoms with van der Waals surface area (Å²) in [5.41, 5.74) is 3.34. The maximum atomic E-state index is 13.7. The molecule has 8 heteroatoms. The molecule has 2 aromatic carbocycles. The van der Waals surface area contributed by atoms with E-state index in [9.17, 15) is 14.7 Å². The molecule has 3 atom stereocenters. The number of hydrogen-bond acceptors (Lipinski definition) is 8. The minimum Gasteiger partial charge on any atom is -0.504 e. The van der Waals surface area contributed by atoms with Crippen molar-refractivity contribution >= 4 is 17.5 Å². The topological polar surface area (TPSA) is 104 Å². The van der Waals surface area contributed by atoms with E-state index in [4.69, 9.17) is 23.9 Å². The molecule has 0 fully saturated rings. The first-order valence-electron chi connectivity index (χ1n) is 12.4. The third-order valence-corrected chi connectivity index (χ3v) is 7.03. The Bertz CT molecular complexity index is 1260. The van der Waals surface area contributed by atoms with Gasteiger partial charge < -0.3 is 24.1 Å². The number of aliphatic imine (C=N–C) groups is 1. The number of aromatic hydroxyl groups is 1. The number of allylic oxidation sites excluding steroid dienone is 2. The van der Waals surface area contributed by atoms with Crippen molar-refractivity contribution in [2.45, 2.75) is 44.9 Å². The number of Topliss-reactive ketones (excluding diaryl/α,β-unsaturated/α-hetero) is 1. The lowest BCUT2D eigenvalue weighted by Crippen LogP contribution is -2.38. The number of phenols is 1. The van der Waals surface area contributed by atoms with Crippen molar-refractivity contribution in [1.29, 1.82) is 0 Å². The van der Waals surface area contributed by atoms with Gasteiger partial charge in [-0.1, -0.05) is 19.1 Å². The number of rotatable bonds is 8. The monoisotopic (exact) mass is 507 g/mol. The summed E-state index contributed by atoms with van der Waals surface area (Å²) in [5, 5.41) is 10.5. The van der Waals surface area contributed by atoms with Gasteiger partial charge in [0.25, 0.3) is 0 Å². The lowest BCUT2D eigenvalue weighted by molar-refractivity contribution is -0.146. The van der Waals surface area contributed by atoms with Crippen LogP contribution in [0.15, 0.2) is 52.7 Å². The van der Waals surface area contributed by atoms with E-state index in [-0.39, 0.29) is 30.5 Å². The van der Waals surface area contributed by atoms with E-state index in [0.29, 0.717) is 52.6 Å². The van der Waals surface area contributed by atoms with Crippen molar-refractivity contribution < 1.29 is 33.6 Å². The van der Waals surface area contributed by atoms with Gasteiger partial charge in [0.1, 0.15) is 5.92 Å². The van der Waals surface area contributed by atoms with E-state index in [0.717, 1.165) is 5.56 Å². The summed E-state index contributed by atoms with van der Waals surface area (Å²) >= 11 is 0. The molecule has 1 N–H and O–H groups in total. The lowest BCUT2D eigenvalue weighted by Gasteiger charge is -2.36. The summed E-state index contributed by atoms with van der Waals surface area (Å²) in [7, 11) is 4.63. The second kappa shape index (κ2) is 11.1. The van der Waals surface area contributed by atoms with Gasteiger partial charge in [-0.3, -0.25) is 14.6 Å². The van der Waals surface area contributed by atoms with Crippen molar-refractivity contribution in [1.82, 2.24) is 0 Å². The molecule has 2 aromatic rings. The highest BCUT2D eigenvalue weighted by Gasteiger charge is 2.45. The molecular weight excluding hydrogens is 474 g/mol. The number of hydrogen-bond donors (Lipinski definition) is 1. The summed E-state index contributed by atoms with van der Waals surface area (Å²) in [6.45, 7) is 4.00. The number of methoxy groups -OCH3 is 3. The third kappa shape index (κ3) is 5.05. The van der Waals surface area contributed by atoms with Gasteiger partial charge in [0.2, 0.25) is 0 Å². The molecular formula is C29H33NO7. The summed E-state index contributed by atoms with van der Waals surface area (Å²) in [5.74, 6) is -0.519. The molecule has 0 amide bonds. The molecule has 0 radical (unpaired) electrons. The first-order valence-corrected chi connectivity index (χ1v) is 12.4. The third-order valence-electron chi connectivity index (χ3n) is 7.03. The van der Waals surface area contributed by atoms with Crippen LogP contribution in [-0.2, 0) is 14.3 Å². The van der Waals surface area contributed by atoms with Crippen molar-refractivity contribution in [3.8, 4) is 23.0 Å². The Balaban J connectivity index is 1.78. The molecule has 0 saturated heterocycles. The fourth-order valence-corrected chi connectivity index (χ4v) is 5.26. The molecule has 1 aliphatic carbocycles. The molecule has 196 valence electrons. The van der Waals surface area contributed by atoms with E-state index in [2.05, 4.69) is 0 Å². The predicted molar refractivity (Wildman–Crippen MR) is 139 cm³/mol. The van der Waals surface area contributed by atoms with Gasteiger partial charge in [-0.05, 0) is 61.1 Å². The maximum Gasteiger partial charge on any atom is 0.315 e. The van der Waals surface area contributed by atoms with Gasteiger partial charge in [0, 0.05) is 29.3 Å². The molecule has 0 saturated carbocycles. The molecule has 1 heterocycles. The average molecular weight is 508 g/mol. The SMILES string of the molecule is CCCOC(=O)C1C(C)=NC2=C(C(=O)C[C@H](c3ccc(OC)c(OC)c3)C2)[C@H]1c1ccc(OC)c(O)c1. The Morgan fingerprint density at radius 1 is 0.973 bits per heavy atom. The number of carbonyl (C=O) groups excluding carboxylic acids is 2. The molecule has 0 bridgehead atoms. The number of ketones is 1. The number of carbonyl (C=O) groups is 2. The highest BCUT2D eigenvalue weighted by molar-refractivity contribution is 6.09. The van der Waals surface area contributed by atoms with Gasteiger partial charge in [0.15, 0.2) is 28.8 Å². The van der Waals surface area contributed by atoms with E-state index in [1.165, 1.54) is 7.11 Å². The van der Waals surface area contributed by atoms with Gasteiger partial charge >= 0.3 is 5.97 Å². The van der Waals surface area contributed by atoms with E-state index in [1.54, 1.807) is 39.3 Å². The standard InChI is InChI=1S/C29H33NO7/c1-6-11-37-29(33)26-16(2)30-20-12-19(17-7-10-24(35-4)25(15-17)36-5)14-22(32)28(20)27(26)18-8-9-23(34-3)21(31)13-18/h7-10,13,15,19,26-27,31H,6,11-12,14H2,1-5H3/t19-,26?,27+/m1/s1. The van der Waals surface area contributed by atoms with Gasteiger partial charge in [-0.25, -0.2) is 0 Å². The van der Waals surface area contributed by atoms with Crippen LogP contribution < -0.4 is 14.2 Å². The van der Waals surface area contributed by atoms with Crippen LogP contribution in [0, 0.1) is 5.92 Å². The zero-order valence-corrected chi connectivity index (χ0v) is 21.9. The van der Waals surface area contributed by atoms with Crippen LogP contribution in [0.1, 0.15) is 56.1 Å². The molecule has 37 heavy (non-hydrogen) atoms. The van der Waals surface area contributed by atoms with Crippen LogP contribution >= 0.6 is 0 Å². The molecule has 8 nitrogen and oxygen atoms in total. The highest BCUT2D eigenvalue weighted by Crippen LogP contribution is 2.48. The number of nitrogens with zero attached hydrogens (tertiary/aromatic N) is 1. The zero-order chi connectivity index (χ0) is 26.7. The molecule has 0 spiro atoms. The first-order chi connectivity index (χ1) is 17.8. The number of esters is 1. The molecule has 1 unspecified atom stereocenters. The van der Waals surface area contributed by atoms with Gasteiger partial charge in [-0.15, -0.1) is 0 Å². The molecule has 2 aliphatic rings. The van der Waals surface area contributed by atoms with Crippen molar-refractivity contribution in [2.24, 2.45) is 10.9 Å². The van der Waals surface area contributed by atoms with Crippen LogP contribution in [0.25, 0.3) is 0 Å². The van der Waals surface area contributed by atoms with Crippen LogP contribution in [0.5, 0.6) is 23.0 Å². The minimum atomic E-state index is -0.764. The molecule has 0 aromatic heterocycles. The normalized spacial score (nSPS) is 21.2. The average Bonchev–Trinajstić information content (AvgIpc) is 2.90. The quantitative estimate of drug-likeness (QED) is 0.505. The Morgan fingerprint density at radius 2 is 1.65 bits per heavy atom. The second-order valence-electron chi connectivity index (χ2n) is 9.31. The lowest BCUT2D eigenvalue weighted by atomic mass is 9.69. The predicted octanol–water partition coefficient (Wildman–Crippen LogP) is 4.95. The van der Waals surface area contributed by atoms with Crippen LogP contribution in [0.3, 0.4) is 0 Å². The maximum absolute atomic E-state index is 13.7. The second-order valence-corrected chi connectivity index (χ2v) is 9.31. The van der Waals surface area contributed by atoms with Crippen LogP contribution in [0.2, 0.25) is 0 Å². The summed E-state index contributed by atoms with van der Waals surface area (Å²) in [6, 6.07) is 10.6. The summed E-state index contributed by atoms with van der Waals surface area (Å²) in [4.78, 5) is 31.7. The zero-order valence-electron chi connectivity index (χ0n) is 21.9. The van der Waals surface area contributed by atoms with Crippen molar-refractivity contribution in [3.63, 3.8) is 0 Å². The van der Waals surface area contributed by atoms with Crippen LogP contribution in [0.4, 0.5) is 0 Å². The fourth-order valence-electron chi connectivity index (χ4n) is 5.26. The molecule has 1 aliphatic heterocycles. The number of benzene rings is 2. The first kappa shape index (κ1) is 26.3. The Morgan fingerprint density at radius 3 is 2.30 bits per heavy atom. The Kier molecular flexibility index (Phi) is 7.86. The fraction of sp³-hybridized carbons (Fsp3) is 0.414. The Hall–Kier alpha value is -3.81. The number of ether oxygens (including phenoxy) is 4. The number of phenolic OH excluding ortho intramolecular Hbond substituents is 1. The van der Waals surface area contributed by atoms with Gasteiger partial charge in [0.05, 0.1) is 27.9 Å². The van der Waals surface area contributed by atoms with Crippen LogP contribution in [-0.4, -0.2) is 50.5 Å². The molecule has 4 rings (SSSR count). The van der Waals surface area contributed by atoms with E-state index in [1.807, 2.05) is 25.1 Å². The smallest absolute Gasteiger partial charge is 0.315 e. The highest BCUT2D eigenvalue weighted by atomic mass is 16.5. The largest absolute Gasteiger partial charge is 0.504 e. The van der Waals surface area contributed by atoms with Crippen molar-refractivity contribution in [3.05, 3.63) is 58.8 Å². The minimum absolute atomic E-state index is 0.0607.